The summed E-state index contributed by atoms with van der Waals surface area (Å²) in [5, 5.41) is 4.05. The zero-order valence-electron chi connectivity index (χ0n) is 16.4. The van der Waals surface area contributed by atoms with E-state index in [0.717, 1.165) is 23.3 Å². The summed E-state index contributed by atoms with van der Waals surface area (Å²) < 4.78 is 6.16. The van der Waals surface area contributed by atoms with Crippen LogP contribution in [0.4, 0.5) is 0 Å². The molecule has 0 aliphatic carbocycles. The van der Waals surface area contributed by atoms with E-state index in [1.165, 1.54) is 31.9 Å². The fourth-order valence-electron chi connectivity index (χ4n) is 2.88. The number of aliphatic imine (C=N–C) groups is 1. The van der Waals surface area contributed by atoms with Crippen LogP contribution >= 0.6 is 0 Å². The van der Waals surface area contributed by atoms with Gasteiger partial charge in [0.25, 0.3) is 0 Å². The summed E-state index contributed by atoms with van der Waals surface area (Å²) in [6.45, 7) is 2.63. The Morgan fingerprint density at radius 1 is 1.00 bits per heavy atom. The molecule has 0 fully saturated rings. The third-order valence-corrected chi connectivity index (χ3v) is 4.34. The number of oxime groups is 1. The van der Waals surface area contributed by atoms with E-state index in [0.29, 0.717) is 18.2 Å². The summed E-state index contributed by atoms with van der Waals surface area (Å²) in [5.74, 6) is 1.25. The lowest BCUT2D eigenvalue weighted by molar-refractivity contribution is 0.214. The third kappa shape index (κ3) is 5.84. The van der Waals surface area contributed by atoms with Crippen LogP contribution in [-0.4, -0.2) is 25.7 Å². The van der Waals surface area contributed by atoms with Gasteiger partial charge in [-0.05, 0) is 30.0 Å². The number of hydrogen-bond donors (Lipinski definition) is 1. The van der Waals surface area contributed by atoms with Crippen molar-refractivity contribution in [3.8, 4) is 5.75 Å². The average Bonchev–Trinajstić information content (AvgIpc) is 2.71. The number of ether oxygens (including phenoxy) is 1. The second-order valence-corrected chi connectivity index (χ2v) is 6.24. The van der Waals surface area contributed by atoms with Crippen LogP contribution in [0.15, 0.2) is 58.7 Å². The van der Waals surface area contributed by atoms with Gasteiger partial charge in [0.2, 0.25) is 0 Å². The molecule has 5 heteroatoms. The van der Waals surface area contributed by atoms with Gasteiger partial charge < -0.3 is 15.3 Å². The number of para-hydroxylation sites is 1. The van der Waals surface area contributed by atoms with Gasteiger partial charge in [0.05, 0.1) is 0 Å². The van der Waals surface area contributed by atoms with E-state index >= 15 is 0 Å². The smallest absolute Gasteiger partial charge is 0.152 e. The van der Waals surface area contributed by atoms with Crippen molar-refractivity contribution in [2.45, 2.75) is 39.2 Å². The molecule has 0 bridgehead atoms. The highest BCUT2D eigenvalue weighted by atomic mass is 16.6. The Labute approximate surface area is 161 Å². The SMILES string of the molecule is CCCCCc1ccccc1OCc1ccccc1C(=NOC)C(N)=NC. The van der Waals surface area contributed by atoms with E-state index < -0.39 is 0 Å². The second-order valence-electron chi connectivity index (χ2n) is 6.24. The Balaban J connectivity index is 2.22. The molecule has 0 atom stereocenters. The van der Waals surface area contributed by atoms with Gasteiger partial charge in [-0.2, -0.15) is 0 Å². The summed E-state index contributed by atoms with van der Waals surface area (Å²) in [7, 11) is 3.13. The highest BCUT2D eigenvalue weighted by molar-refractivity contribution is 6.47. The summed E-state index contributed by atoms with van der Waals surface area (Å²) >= 11 is 0. The maximum absolute atomic E-state index is 6.16. The molecule has 2 aromatic rings. The van der Waals surface area contributed by atoms with Crippen LogP contribution in [0.5, 0.6) is 5.75 Å². The number of nitrogens with two attached hydrogens (primary N) is 1. The quantitative estimate of drug-likeness (QED) is 0.294. The zero-order chi connectivity index (χ0) is 19.5. The summed E-state index contributed by atoms with van der Waals surface area (Å²) in [5.41, 5.74) is 9.58. The minimum absolute atomic E-state index is 0.323. The molecule has 27 heavy (non-hydrogen) atoms. The molecule has 0 unspecified atom stereocenters. The monoisotopic (exact) mass is 367 g/mol. The number of rotatable bonds is 10. The molecule has 0 saturated heterocycles. The van der Waals surface area contributed by atoms with Crippen LogP contribution < -0.4 is 10.5 Å². The second kappa shape index (κ2) is 11.0. The number of aryl methyl sites for hydroxylation is 1. The summed E-state index contributed by atoms with van der Waals surface area (Å²) in [6, 6.07) is 16.1. The minimum atomic E-state index is 0.323. The molecule has 0 radical (unpaired) electrons. The van der Waals surface area contributed by atoms with Gasteiger partial charge in [-0.15, -0.1) is 0 Å². The van der Waals surface area contributed by atoms with Gasteiger partial charge in [0.15, 0.2) is 5.71 Å². The lowest BCUT2D eigenvalue weighted by Crippen LogP contribution is -2.26. The zero-order valence-corrected chi connectivity index (χ0v) is 16.4. The molecule has 144 valence electrons. The molecule has 2 aromatic carbocycles. The van der Waals surface area contributed by atoms with Gasteiger partial charge in [0, 0.05) is 12.6 Å². The van der Waals surface area contributed by atoms with Crippen molar-refractivity contribution >= 4 is 11.5 Å². The number of nitrogens with zero attached hydrogens (tertiary/aromatic N) is 2. The van der Waals surface area contributed by atoms with E-state index in [9.17, 15) is 0 Å². The Morgan fingerprint density at radius 3 is 2.41 bits per heavy atom. The van der Waals surface area contributed by atoms with Crippen LogP contribution in [-0.2, 0) is 17.9 Å². The van der Waals surface area contributed by atoms with Crippen molar-refractivity contribution in [3.05, 3.63) is 65.2 Å². The van der Waals surface area contributed by atoms with Crippen LogP contribution in [0.3, 0.4) is 0 Å². The molecule has 0 spiro atoms. The van der Waals surface area contributed by atoms with E-state index in [1.807, 2.05) is 36.4 Å². The maximum atomic E-state index is 6.16. The van der Waals surface area contributed by atoms with Crippen molar-refractivity contribution in [2.75, 3.05) is 14.2 Å². The van der Waals surface area contributed by atoms with Crippen molar-refractivity contribution in [1.29, 1.82) is 0 Å². The number of benzene rings is 2. The average molecular weight is 367 g/mol. The van der Waals surface area contributed by atoms with E-state index in [1.54, 1.807) is 7.05 Å². The standard InChI is InChI=1S/C22H29N3O2/c1-4-5-6-11-17-12-8-10-15-20(17)27-16-18-13-7-9-14-19(18)21(25-26-3)22(23)24-2/h7-10,12-15H,4-6,11,16H2,1-3H3,(H2,23,24). The topological polar surface area (TPSA) is 69.2 Å². The van der Waals surface area contributed by atoms with Gasteiger partial charge in [0.1, 0.15) is 25.3 Å². The largest absolute Gasteiger partial charge is 0.489 e. The molecule has 0 aliphatic heterocycles. The van der Waals surface area contributed by atoms with Gasteiger partial charge >= 0.3 is 0 Å². The molecule has 0 saturated carbocycles. The predicted molar refractivity (Wildman–Crippen MR) is 112 cm³/mol. The first-order valence-electron chi connectivity index (χ1n) is 9.34. The van der Waals surface area contributed by atoms with Crippen LogP contribution in [0.2, 0.25) is 0 Å². The number of unbranched alkanes of at least 4 members (excludes halogenated alkanes) is 2. The first-order chi connectivity index (χ1) is 13.2. The van der Waals surface area contributed by atoms with Crippen molar-refractivity contribution in [1.82, 2.24) is 0 Å². The van der Waals surface area contributed by atoms with E-state index in [4.69, 9.17) is 15.3 Å². The normalized spacial score (nSPS) is 12.1. The molecule has 0 aliphatic rings. The Morgan fingerprint density at radius 2 is 1.70 bits per heavy atom. The lowest BCUT2D eigenvalue weighted by atomic mass is 10.0. The van der Waals surface area contributed by atoms with E-state index in [-0.39, 0.29) is 0 Å². The molecule has 0 aromatic heterocycles. The molecule has 5 nitrogen and oxygen atoms in total. The Bertz CT molecular complexity index is 785. The van der Waals surface area contributed by atoms with Crippen molar-refractivity contribution < 1.29 is 9.57 Å². The van der Waals surface area contributed by atoms with Crippen molar-refractivity contribution in [2.24, 2.45) is 15.9 Å². The molecule has 2 rings (SSSR count). The first kappa shape index (κ1) is 20.5. The van der Waals surface area contributed by atoms with Crippen LogP contribution in [0.25, 0.3) is 0 Å². The van der Waals surface area contributed by atoms with Crippen LogP contribution in [0.1, 0.15) is 42.9 Å². The molecular weight excluding hydrogens is 338 g/mol. The fraction of sp³-hybridized carbons (Fsp3) is 0.364. The molecule has 0 amide bonds. The Kier molecular flexibility index (Phi) is 8.36. The first-order valence-corrected chi connectivity index (χ1v) is 9.34. The number of hydrogen-bond acceptors (Lipinski definition) is 4. The third-order valence-electron chi connectivity index (χ3n) is 4.34. The van der Waals surface area contributed by atoms with Crippen molar-refractivity contribution in [3.63, 3.8) is 0 Å². The summed E-state index contributed by atoms with van der Waals surface area (Å²) in [4.78, 5) is 9.00. The van der Waals surface area contributed by atoms with E-state index in [2.05, 4.69) is 29.2 Å². The predicted octanol–water partition coefficient (Wildman–Crippen LogP) is 4.34. The van der Waals surface area contributed by atoms with Gasteiger partial charge in [-0.25, -0.2) is 0 Å². The molecular formula is C22H29N3O2. The summed E-state index contributed by atoms with van der Waals surface area (Å²) in [6.07, 6.45) is 4.63. The Hall–Kier alpha value is -2.82. The number of amidine groups is 1. The minimum Gasteiger partial charge on any atom is -0.489 e. The lowest BCUT2D eigenvalue weighted by Gasteiger charge is -2.14. The highest BCUT2D eigenvalue weighted by Gasteiger charge is 2.14. The maximum Gasteiger partial charge on any atom is 0.152 e. The molecule has 0 heterocycles. The van der Waals surface area contributed by atoms with Crippen LogP contribution in [0, 0.1) is 0 Å². The fourth-order valence-corrected chi connectivity index (χ4v) is 2.88. The highest BCUT2D eigenvalue weighted by Crippen LogP contribution is 2.22. The van der Waals surface area contributed by atoms with Gasteiger partial charge in [-0.3, -0.25) is 4.99 Å². The molecule has 2 N–H and O–H groups in total. The van der Waals surface area contributed by atoms with Gasteiger partial charge in [-0.1, -0.05) is 67.4 Å².